The first-order valence-corrected chi connectivity index (χ1v) is 11.4. The van der Waals surface area contributed by atoms with Crippen LogP contribution < -0.4 is 0 Å². The SMILES string of the molecule is CCCCCCCCCCCCCCCC(CCCCCC)C(=O)O. The van der Waals surface area contributed by atoms with Crippen LogP contribution in [0.25, 0.3) is 0 Å². The molecule has 0 radical (unpaired) electrons. The Morgan fingerprint density at radius 3 is 1.16 bits per heavy atom. The molecule has 1 unspecified atom stereocenters. The summed E-state index contributed by atoms with van der Waals surface area (Å²) in [5.41, 5.74) is 0. The molecule has 0 spiro atoms. The second-order valence-corrected chi connectivity index (χ2v) is 7.92. The highest BCUT2D eigenvalue weighted by Gasteiger charge is 2.15. The number of carboxylic acid groups (broad SMARTS) is 1. The average Bonchev–Trinajstić information content (AvgIpc) is 2.60. The van der Waals surface area contributed by atoms with E-state index in [4.69, 9.17) is 0 Å². The molecule has 1 N–H and O–H groups in total. The summed E-state index contributed by atoms with van der Waals surface area (Å²) >= 11 is 0. The molecule has 0 rings (SSSR count). The number of aliphatic carboxylic acids is 1. The minimum absolute atomic E-state index is 0.0930. The Morgan fingerprint density at radius 2 is 0.840 bits per heavy atom. The average molecular weight is 355 g/mol. The van der Waals surface area contributed by atoms with Crippen LogP contribution in [0.5, 0.6) is 0 Å². The third kappa shape index (κ3) is 18.1. The molecule has 0 saturated carbocycles. The van der Waals surface area contributed by atoms with E-state index in [1.54, 1.807) is 0 Å². The van der Waals surface area contributed by atoms with Gasteiger partial charge in [0.25, 0.3) is 0 Å². The fraction of sp³-hybridized carbons (Fsp3) is 0.957. The topological polar surface area (TPSA) is 37.3 Å². The summed E-state index contributed by atoms with van der Waals surface area (Å²) in [6.45, 7) is 4.47. The zero-order valence-electron chi connectivity index (χ0n) is 17.4. The Balaban J connectivity index is 3.35. The van der Waals surface area contributed by atoms with E-state index in [0.29, 0.717) is 0 Å². The molecule has 0 aliphatic rings. The fourth-order valence-corrected chi connectivity index (χ4v) is 3.62. The van der Waals surface area contributed by atoms with E-state index in [-0.39, 0.29) is 5.92 Å². The summed E-state index contributed by atoms with van der Waals surface area (Å²) in [4.78, 5) is 11.3. The molecule has 2 heteroatoms. The minimum atomic E-state index is -0.574. The van der Waals surface area contributed by atoms with Crippen molar-refractivity contribution in [3.05, 3.63) is 0 Å². The van der Waals surface area contributed by atoms with E-state index >= 15 is 0 Å². The van der Waals surface area contributed by atoms with Crippen molar-refractivity contribution in [3.8, 4) is 0 Å². The third-order valence-electron chi connectivity index (χ3n) is 5.41. The van der Waals surface area contributed by atoms with Crippen molar-refractivity contribution in [1.29, 1.82) is 0 Å². The van der Waals surface area contributed by atoms with Gasteiger partial charge >= 0.3 is 5.97 Å². The Hall–Kier alpha value is -0.530. The predicted octanol–water partition coefficient (Wildman–Crippen LogP) is 8.14. The monoisotopic (exact) mass is 354 g/mol. The molecule has 0 aliphatic heterocycles. The van der Waals surface area contributed by atoms with E-state index in [1.807, 2.05) is 0 Å². The predicted molar refractivity (Wildman–Crippen MR) is 110 cm³/mol. The van der Waals surface area contributed by atoms with E-state index in [0.717, 1.165) is 25.7 Å². The summed E-state index contributed by atoms with van der Waals surface area (Å²) in [5, 5.41) is 9.32. The van der Waals surface area contributed by atoms with Gasteiger partial charge in [-0.05, 0) is 12.8 Å². The molecule has 0 aromatic rings. The van der Waals surface area contributed by atoms with Crippen LogP contribution in [0.15, 0.2) is 0 Å². The maximum Gasteiger partial charge on any atom is 0.306 e. The van der Waals surface area contributed by atoms with Crippen molar-refractivity contribution in [2.45, 2.75) is 136 Å². The van der Waals surface area contributed by atoms with E-state index in [9.17, 15) is 9.90 Å². The lowest BCUT2D eigenvalue weighted by atomic mass is 9.94. The molecule has 0 heterocycles. The first-order chi connectivity index (χ1) is 12.2. The van der Waals surface area contributed by atoms with Gasteiger partial charge in [-0.3, -0.25) is 4.79 Å². The zero-order chi connectivity index (χ0) is 18.6. The van der Waals surface area contributed by atoms with Crippen molar-refractivity contribution in [2.24, 2.45) is 5.92 Å². The standard InChI is InChI=1S/C23H46O2/c1-3-5-7-9-10-11-12-13-14-15-16-17-19-21-22(23(24)25)20-18-8-6-4-2/h22H,3-21H2,1-2H3,(H,24,25). The number of hydrogen-bond acceptors (Lipinski definition) is 1. The summed E-state index contributed by atoms with van der Waals surface area (Å²) in [5.74, 6) is -0.667. The van der Waals surface area contributed by atoms with Crippen LogP contribution in [-0.4, -0.2) is 11.1 Å². The molecular weight excluding hydrogens is 308 g/mol. The molecule has 0 aliphatic carbocycles. The molecule has 0 aromatic heterocycles. The van der Waals surface area contributed by atoms with Gasteiger partial charge in [-0.2, -0.15) is 0 Å². The summed E-state index contributed by atoms with van der Waals surface area (Å²) < 4.78 is 0. The Bertz CT molecular complexity index is 275. The summed E-state index contributed by atoms with van der Waals surface area (Å²) in [7, 11) is 0. The van der Waals surface area contributed by atoms with Crippen LogP contribution in [0.1, 0.15) is 136 Å². The van der Waals surface area contributed by atoms with Gasteiger partial charge in [0.1, 0.15) is 0 Å². The second-order valence-electron chi connectivity index (χ2n) is 7.92. The first kappa shape index (κ1) is 24.5. The molecule has 0 aromatic carbocycles. The largest absolute Gasteiger partial charge is 0.481 e. The first-order valence-electron chi connectivity index (χ1n) is 11.4. The van der Waals surface area contributed by atoms with Gasteiger partial charge in [0.05, 0.1) is 5.92 Å². The minimum Gasteiger partial charge on any atom is -0.481 e. The number of unbranched alkanes of at least 4 members (excludes halogenated alkanes) is 15. The Morgan fingerprint density at radius 1 is 0.560 bits per heavy atom. The van der Waals surface area contributed by atoms with Gasteiger partial charge in [-0.15, -0.1) is 0 Å². The van der Waals surface area contributed by atoms with Crippen LogP contribution in [-0.2, 0) is 4.79 Å². The quantitative estimate of drug-likeness (QED) is 0.224. The van der Waals surface area contributed by atoms with Crippen LogP contribution in [0.4, 0.5) is 0 Å². The van der Waals surface area contributed by atoms with Gasteiger partial charge in [0.2, 0.25) is 0 Å². The molecule has 0 amide bonds. The van der Waals surface area contributed by atoms with Gasteiger partial charge < -0.3 is 5.11 Å². The van der Waals surface area contributed by atoms with E-state index < -0.39 is 5.97 Å². The van der Waals surface area contributed by atoms with Crippen molar-refractivity contribution in [2.75, 3.05) is 0 Å². The summed E-state index contributed by atoms with van der Waals surface area (Å²) in [6.07, 6.45) is 24.1. The maximum atomic E-state index is 11.3. The van der Waals surface area contributed by atoms with Crippen LogP contribution in [0.2, 0.25) is 0 Å². The molecule has 150 valence electrons. The molecule has 25 heavy (non-hydrogen) atoms. The van der Waals surface area contributed by atoms with E-state index in [2.05, 4.69) is 13.8 Å². The molecular formula is C23H46O2. The number of rotatable bonds is 20. The molecule has 2 nitrogen and oxygen atoms in total. The number of hydrogen-bond donors (Lipinski definition) is 1. The summed E-state index contributed by atoms with van der Waals surface area (Å²) in [6, 6.07) is 0. The Labute approximate surface area is 158 Å². The van der Waals surface area contributed by atoms with Crippen molar-refractivity contribution in [3.63, 3.8) is 0 Å². The lowest BCUT2D eigenvalue weighted by Crippen LogP contribution is -2.13. The molecule has 1 atom stereocenters. The molecule has 0 saturated heterocycles. The molecule has 0 bridgehead atoms. The second kappa shape index (κ2) is 19.8. The zero-order valence-corrected chi connectivity index (χ0v) is 17.4. The smallest absolute Gasteiger partial charge is 0.306 e. The van der Waals surface area contributed by atoms with Crippen molar-refractivity contribution < 1.29 is 9.90 Å². The highest BCUT2D eigenvalue weighted by molar-refractivity contribution is 5.69. The van der Waals surface area contributed by atoms with Gasteiger partial charge in [-0.25, -0.2) is 0 Å². The van der Waals surface area contributed by atoms with E-state index in [1.165, 1.54) is 96.3 Å². The number of carbonyl (C=O) groups is 1. The normalized spacial score (nSPS) is 12.4. The third-order valence-corrected chi connectivity index (χ3v) is 5.41. The highest BCUT2D eigenvalue weighted by atomic mass is 16.4. The highest BCUT2D eigenvalue weighted by Crippen LogP contribution is 2.19. The van der Waals surface area contributed by atoms with Crippen molar-refractivity contribution >= 4 is 5.97 Å². The maximum absolute atomic E-state index is 11.3. The van der Waals surface area contributed by atoms with Gasteiger partial charge in [-0.1, -0.05) is 123 Å². The van der Waals surface area contributed by atoms with Gasteiger partial charge in [0, 0.05) is 0 Å². The Kier molecular flexibility index (Phi) is 19.4. The van der Waals surface area contributed by atoms with Crippen LogP contribution in [0.3, 0.4) is 0 Å². The lowest BCUT2D eigenvalue weighted by Gasteiger charge is -2.12. The van der Waals surface area contributed by atoms with Crippen molar-refractivity contribution in [1.82, 2.24) is 0 Å². The van der Waals surface area contributed by atoms with Gasteiger partial charge in [0.15, 0.2) is 0 Å². The fourth-order valence-electron chi connectivity index (χ4n) is 3.62. The van der Waals surface area contributed by atoms with Crippen LogP contribution >= 0.6 is 0 Å². The number of carboxylic acids is 1. The lowest BCUT2D eigenvalue weighted by molar-refractivity contribution is -0.142. The molecule has 0 fully saturated rings. The van der Waals surface area contributed by atoms with Crippen LogP contribution in [0, 0.1) is 5.92 Å².